The molecule has 1 heterocycles. The van der Waals surface area contributed by atoms with Crippen LogP contribution in [0.1, 0.15) is 22.4 Å². The summed E-state index contributed by atoms with van der Waals surface area (Å²) in [7, 11) is 0. The lowest BCUT2D eigenvalue weighted by atomic mass is 10.0. The molecule has 0 radical (unpaired) electrons. The second-order valence-corrected chi connectivity index (χ2v) is 4.02. The second-order valence-electron chi connectivity index (χ2n) is 4.02. The van der Waals surface area contributed by atoms with E-state index in [1.54, 1.807) is 0 Å². The third-order valence-electron chi connectivity index (χ3n) is 2.93. The zero-order chi connectivity index (χ0) is 11.0. The highest BCUT2D eigenvalue weighted by Gasteiger charge is 2.10. The van der Waals surface area contributed by atoms with Gasteiger partial charge in [0.1, 0.15) is 0 Å². The standard InChI is InChI=1S/C13H15NO/c1-8-5-6-12(7-9(8)2)13-10(3)11(4)14-15-13/h5-7H,1-4H3. The van der Waals surface area contributed by atoms with Crippen molar-refractivity contribution in [1.82, 2.24) is 5.16 Å². The first-order chi connectivity index (χ1) is 7.09. The highest BCUT2D eigenvalue weighted by molar-refractivity contribution is 5.63. The molecule has 1 aromatic carbocycles. The SMILES string of the molecule is Cc1ccc(-c2onc(C)c2C)cc1C. The van der Waals surface area contributed by atoms with Gasteiger partial charge in [0.25, 0.3) is 0 Å². The highest BCUT2D eigenvalue weighted by Crippen LogP contribution is 2.26. The van der Waals surface area contributed by atoms with E-state index in [0.29, 0.717) is 0 Å². The van der Waals surface area contributed by atoms with Crippen LogP contribution in [0.25, 0.3) is 11.3 Å². The van der Waals surface area contributed by atoms with E-state index in [1.807, 2.05) is 13.8 Å². The molecule has 78 valence electrons. The predicted molar refractivity (Wildman–Crippen MR) is 60.9 cm³/mol. The van der Waals surface area contributed by atoms with Crippen LogP contribution >= 0.6 is 0 Å². The van der Waals surface area contributed by atoms with E-state index >= 15 is 0 Å². The Morgan fingerprint density at radius 1 is 1.00 bits per heavy atom. The van der Waals surface area contributed by atoms with Crippen molar-refractivity contribution in [2.75, 3.05) is 0 Å². The van der Waals surface area contributed by atoms with Crippen molar-refractivity contribution in [2.24, 2.45) is 0 Å². The summed E-state index contributed by atoms with van der Waals surface area (Å²) >= 11 is 0. The zero-order valence-corrected chi connectivity index (χ0v) is 9.59. The second kappa shape index (κ2) is 3.54. The summed E-state index contributed by atoms with van der Waals surface area (Å²) in [5, 5.41) is 3.97. The summed E-state index contributed by atoms with van der Waals surface area (Å²) < 4.78 is 5.33. The molecule has 2 aromatic rings. The van der Waals surface area contributed by atoms with Crippen LogP contribution in [0.3, 0.4) is 0 Å². The molecule has 2 heteroatoms. The maximum atomic E-state index is 5.33. The largest absolute Gasteiger partial charge is 0.356 e. The Kier molecular flexibility index (Phi) is 2.35. The van der Waals surface area contributed by atoms with Crippen LogP contribution in [0.5, 0.6) is 0 Å². The molecular formula is C13H15NO. The molecule has 2 nitrogen and oxygen atoms in total. The number of aryl methyl sites for hydroxylation is 3. The van der Waals surface area contributed by atoms with E-state index in [0.717, 1.165) is 22.6 Å². The summed E-state index contributed by atoms with van der Waals surface area (Å²) in [6.07, 6.45) is 0. The molecular weight excluding hydrogens is 186 g/mol. The number of hydrogen-bond acceptors (Lipinski definition) is 2. The first-order valence-corrected chi connectivity index (χ1v) is 5.10. The van der Waals surface area contributed by atoms with Crippen LogP contribution in [0.2, 0.25) is 0 Å². The van der Waals surface area contributed by atoms with E-state index in [1.165, 1.54) is 11.1 Å². The van der Waals surface area contributed by atoms with Gasteiger partial charge in [0, 0.05) is 11.1 Å². The van der Waals surface area contributed by atoms with E-state index in [9.17, 15) is 0 Å². The van der Waals surface area contributed by atoms with E-state index in [-0.39, 0.29) is 0 Å². The van der Waals surface area contributed by atoms with Crippen LogP contribution in [-0.2, 0) is 0 Å². The van der Waals surface area contributed by atoms with Crippen LogP contribution < -0.4 is 0 Å². The molecule has 0 bridgehead atoms. The fourth-order valence-corrected chi connectivity index (χ4v) is 1.57. The average Bonchev–Trinajstić information content (AvgIpc) is 2.53. The normalized spacial score (nSPS) is 10.7. The summed E-state index contributed by atoms with van der Waals surface area (Å²) in [5.74, 6) is 0.885. The molecule has 0 aliphatic carbocycles. The summed E-state index contributed by atoms with van der Waals surface area (Å²) in [4.78, 5) is 0. The van der Waals surface area contributed by atoms with Crippen LogP contribution in [0, 0.1) is 27.7 Å². The van der Waals surface area contributed by atoms with E-state index in [2.05, 4.69) is 37.2 Å². The molecule has 0 saturated carbocycles. The third kappa shape index (κ3) is 1.67. The number of hydrogen-bond donors (Lipinski definition) is 0. The fraction of sp³-hybridized carbons (Fsp3) is 0.308. The maximum absolute atomic E-state index is 5.33. The van der Waals surface area contributed by atoms with Gasteiger partial charge in [0.15, 0.2) is 5.76 Å². The van der Waals surface area contributed by atoms with Gasteiger partial charge in [0.05, 0.1) is 5.69 Å². The lowest BCUT2D eigenvalue weighted by Gasteiger charge is -2.02. The summed E-state index contributed by atoms with van der Waals surface area (Å²) in [5.41, 5.74) is 5.77. The third-order valence-corrected chi connectivity index (χ3v) is 2.93. The van der Waals surface area contributed by atoms with Crippen LogP contribution in [0.4, 0.5) is 0 Å². The molecule has 0 aliphatic heterocycles. The van der Waals surface area contributed by atoms with Crippen LogP contribution in [-0.4, -0.2) is 5.16 Å². The van der Waals surface area contributed by atoms with Crippen LogP contribution in [0.15, 0.2) is 22.7 Å². The van der Waals surface area contributed by atoms with Gasteiger partial charge in [-0.25, -0.2) is 0 Å². The van der Waals surface area contributed by atoms with Gasteiger partial charge in [-0.3, -0.25) is 0 Å². The van der Waals surface area contributed by atoms with Gasteiger partial charge in [0.2, 0.25) is 0 Å². The summed E-state index contributed by atoms with van der Waals surface area (Å²) in [6.45, 7) is 8.22. The van der Waals surface area contributed by atoms with Crippen molar-refractivity contribution in [3.63, 3.8) is 0 Å². The van der Waals surface area contributed by atoms with Crippen molar-refractivity contribution in [3.05, 3.63) is 40.6 Å². The molecule has 0 amide bonds. The van der Waals surface area contributed by atoms with Gasteiger partial charge >= 0.3 is 0 Å². The number of rotatable bonds is 1. The Morgan fingerprint density at radius 2 is 1.73 bits per heavy atom. The van der Waals surface area contributed by atoms with Gasteiger partial charge in [-0.05, 0) is 44.9 Å². The topological polar surface area (TPSA) is 26.0 Å². The lowest BCUT2D eigenvalue weighted by molar-refractivity contribution is 0.427. The molecule has 0 aliphatic rings. The van der Waals surface area contributed by atoms with Gasteiger partial charge in [-0.1, -0.05) is 17.3 Å². The summed E-state index contributed by atoms with van der Waals surface area (Å²) in [6, 6.07) is 6.33. The van der Waals surface area contributed by atoms with Gasteiger partial charge < -0.3 is 4.52 Å². The Hall–Kier alpha value is -1.57. The van der Waals surface area contributed by atoms with Crippen molar-refractivity contribution in [3.8, 4) is 11.3 Å². The molecule has 0 N–H and O–H groups in total. The number of nitrogens with zero attached hydrogens (tertiary/aromatic N) is 1. The average molecular weight is 201 g/mol. The molecule has 0 saturated heterocycles. The minimum absolute atomic E-state index is 0.885. The van der Waals surface area contributed by atoms with E-state index < -0.39 is 0 Å². The first kappa shape index (κ1) is 9.97. The quantitative estimate of drug-likeness (QED) is 0.704. The molecule has 0 spiro atoms. The van der Waals surface area contributed by atoms with Crippen molar-refractivity contribution in [2.45, 2.75) is 27.7 Å². The molecule has 15 heavy (non-hydrogen) atoms. The molecule has 0 unspecified atom stereocenters. The molecule has 0 atom stereocenters. The Labute approximate surface area is 89.9 Å². The highest BCUT2D eigenvalue weighted by atomic mass is 16.5. The zero-order valence-electron chi connectivity index (χ0n) is 9.59. The van der Waals surface area contributed by atoms with Crippen molar-refractivity contribution < 1.29 is 4.52 Å². The van der Waals surface area contributed by atoms with E-state index in [4.69, 9.17) is 4.52 Å². The Bertz CT molecular complexity index is 497. The Balaban J connectivity index is 2.55. The Morgan fingerprint density at radius 3 is 2.27 bits per heavy atom. The minimum Gasteiger partial charge on any atom is -0.356 e. The maximum Gasteiger partial charge on any atom is 0.170 e. The predicted octanol–water partition coefficient (Wildman–Crippen LogP) is 3.58. The molecule has 2 rings (SSSR count). The van der Waals surface area contributed by atoms with Crippen molar-refractivity contribution in [1.29, 1.82) is 0 Å². The lowest BCUT2D eigenvalue weighted by Crippen LogP contribution is -1.84. The monoisotopic (exact) mass is 201 g/mol. The minimum atomic E-state index is 0.885. The smallest absolute Gasteiger partial charge is 0.170 e. The van der Waals surface area contributed by atoms with Gasteiger partial charge in [-0.2, -0.15) is 0 Å². The number of aromatic nitrogens is 1. The van der Waals surface area contributed by atoms with Gasteiger partial charge in [-0.15, -0.1) is 0 Å². The molecule has 1 aromatic heterocycles. The first-order valence-electron chi connectivity index (χ1n) is 5.10. The number of benzene rings is 1. The van der Waals surface area contributed by atoms with Crippen molar-refractivity contribution >= 4 is 0 Å². The fourth-order valence-electron chi connectivity index (χ4n) is 1.57. The molecule has 0 fully saturated rings.